The van der Waals surface area contributed by atoms with Gasteiger partial charge in [0.05, 0.1) is 6.10 Å². The van der Waals surface area contributed by atoms with Crippen LogP contribution in [0.4, 0.5) is 5.69 Å². The van der Waals surface area contributed by atoms with E-state index in [0.717, 1.165) is 15.7 Å². The standard InChI is InChI=1S/C10H15BrN2O/c1-13(2)8-5-3-4-7(11)10(8)9(14)6-12/h3-5,9,14H,6,12H2,1-2H3. The van der Waals surface area contributed by atoms with Crippen molar-refractivity contribution >= 4 is 21.6 Å². The second-order valence-electron chi connectivity index (χ2n) is 3.32. The van der Waals surface area contributed by atoms with Gasteiger partial charge < -0.3 is 15.7 Å². The Bertz CT molecular complexity index is 315. The Morgan fingerprint density at radius 3 is 2.64 bits per heavy atom. The number of aliphatic hydroxyl groups excluding tert-OH is 1. The van der Waals surface area contributed by atoms with Crippen LogP contribution in [0.25, 0.3) is 0 Å². The molecule has 0 heterocycles. The van der Waals surface area contributed by atoms with E-state index in [1.54, 1.807) is 0 Å². The van der Waals surface area contributed by atoms with E-state index in [-0.39, 0.29) is 6.54 Å². The van der Waals surface area contributed by atoms with Gasteiger partial charge in [0.25, 0.3) is 0 Å². The van der Waals surface area contributed by atoms with E-state index in [9.17, 15) is 5.11 Å². The number of aliphatic hydroxyl groups is 1. The minimum absolute atomic E-state index is 0.226. The predicted molar refractivity (Wildman–Crippen MR) is 62.5 cm³/mol. The lowest BCUT2D eigenvalue weighted by molar-refractivity contribution is 0.186. The van der Waals surface area contributed by atoms with E-state index in [1.807, 2.05) is 37.2 Å². The van der Waals surface area contributed by atoms with E-state index in [1.165, 1.54) is 0 Å². The fraction of sp³-hybridized carbons (Fsp3) is 0.400. The fourth-order valence-corrected chi connectivity index (χ4v) is 1.98. The Balaban J connectivity index is 3.22. The van der Waals surface area contributed by atoms with Gasteiger partial charge in [-0.3, -0.25) is 0 Å². The monoisotopic (exact) mass is 258 g/mol. The van der Waals surface area contributed by atoms with Gasteiger partial charge in [-0.2, -0.15) is 0 Å². The number of nitrogens with zero attached hydrogens (tertiary/aromatic N) is 1. The van der Waals surface area contributed by atoms with Crippen molar-refractivity contribution in [3.8, 4) is 0 Å². The molecule has 0 aromatic heterocycles. The lowest BCUT2D eigenvalue weighted by atomic mass is 10.1. The molecule has 3 nitrogen and oxygen atoms in total. The van der Waals surface area contributed by atoms with Crippen molar-refractivity contribution < 1.29 is 5.11 Å². The highest BCUT2D eigenvalue weighted by Crippen LogP contribution is 2.31. The zero-order valence-corrected chi connectivity index (χ0v) is 9.95. The summed E-state index contributed by atoms with van der Waals surface area (Å²) in [5.74, 6) is 0. The number of halogens is 1. The molecule has 3 N–H and O–H groups in total. The Morgan fingerprint density at radius 1 is 1.50 bits per heavy atom. The van der Waals surface area contributed by atoms with Gasteiger partial charge in [-0.05, 0) is 12.1 Å². The highest BCUT2D eigenvalue weighted by Gasteiger charge is 2.15. The summed E-state index contributed by atoms with van der Waals surface area (Å²) in [6.45, 7) is 0.226. The van der Waals surface area contributed by atoms with Gasteiger partial charge in [0.15, 0.2) is 0 Å². The average Bonchev–Trinajstić information content (AvgIpc) is 2.16. The lowest BCUT2D eigenvalue weighted by Crippen LogP contribution is -2.18. The zero-order valence-electron chi connectivity index (χ0n) is 8.37. The third kappa shape index (κ3) is 2.26. The number of nitrogens with two attached hydrogens (primary N) is 1. The Morgan fingerprint density at radius 2 is 2.14 bits per heavy atom. The minimum Gasteiger partial charge on any atom is -0.387 e. The molecule has 0 aliphatic heterocycles. The molecule has 0 saturated carbocycles. The molecular formula is C10H15BrN2O. The number of hydrogen-bond acceptors (Lipinski definition) is 3. The van der Waals surface area contributed by atoms with Crippen molar-refractivity contribution in [3.63, 3.8) is 0 Å². The van der Waals surface area contributed by atoms with Crippen LogP contribution in [-0.4, -0.2) is 25.7 Å². The predicted octanol–water partition coefficient (Wildman–Crippen LogP) is 1.51. The molecule has 4 heteroatoms. The van der Waals surface area contributed by atoms with Crippen LogP contribution in [0.1, 0.15) is 11.7 Å². The molecule has 0 aliphatic rings. The lowest BCUT2D eigenvalue weighted by Gasteiger charge is -2.21. The highest BCUT2D eigenvalue weighted by molar-refractivity contribution is 9.10. The molecule has 1 aromatic rings. The quantitative estimate of drug-likeness (QED) is 0.865. The first kappa shape index (κ1) is 11.5. The number of hydrogen-bond donors (Lipinski definition) is 2. The van der Waals surface area contributed by atoms with Crippen LogP contribution in [0.5, 0.6) is 0 Å². The molecule has 0 bridgehead atoms. The van der Waals surface area contributed by atoms with E-state index >= 15 is 0 Å². The summed E-state index contributed by atoms with van der Waals surface area (Å²) in [4.78, 5) is 1.96. The van der Waals surface area contributed by atoms with E-state index in [2.05, 4.69) is 15.9 Å². The highest BCUT2D eigenvalue weighted by atomic mass is 79.9. The molecule has 1 atom stereocenters. The number of anilines is 1. The van der Waals surface area contributed by atoms with Crippen molar-refractivity contribution in [1.82, 2.24) is 0 Å². The number of rotatable bonds is 3. The maximum Gasteiger partial charge on any atom is 0.0943 e. The molecule has 0 fully saturated rings. The molecule has 1 aromatic carbocycles. The third-order valence-corrected chi connectivity index (χ3v) is 2.76. The third-order valence-electron chi connectivity index (χ3n) is 2.07. The average molecular weight is 259 g/mol. The van der Waals surface area contributed by atoms with Crippen LogP contribution in [-0.2, 0) is 0 Å². The molecule has 0 radical (unpaired) electrons. The zero-order chi connectivity index (χ0) is 10.7. The maximum atomic E-state index is 9.76. The molecule has 1 unspecified atom stereocenters. The summed E-state index contributed by atoms with van der Waals surface area (Å²) in [6, 6.07) is 5.80. The maximum absolute atomic E-state index is 9.76. The molecule has 14 heavy (non-hydrogen) atoms. The summed E-state index contributed by atoms with van der Waals surface area (Å²) in [5.41, 5.74) is 7.28. The summed E-state index contributed by atoms with van der Waals surface area (Å²) < 4.78 is 0.890. The minimum atomic E-state index is -0.622. The summed E-state index contributed by atoms with van der Waals surface area (Å²) in [6.07, 6.45) is -0.622. The van der Waals surface area contributed by atoms with Gasteiger partial charge in [0, 0.05) is 36.4 Å². The van der Waals surface area contributed by atoms with E-state index in [4.69, 9.17) is 5.73 Å². The molecule has 78 valence electrons. The van der Waals surface area contributed by atoms with Gasteiger partial charge in [0.2, 0.25) is 0 Å². The van der Waals surface area contributed by atoms with Crippen LogP contribution >= 0.6 is 15.9 Å². The second-order valence-corrected chi connectivity index (χ2v) is 4.17. The largest absolute Gasteiger partial charge is 0.387 e. The topological polar surface area (TPSA) is 49.5 Å². The van der Waals surface area contributed by atoms with Crippen LogP contribution in [0.15, 0.2) is 22.7 Å². The molecule has 0 amide bonds. The summed E-state index contributed by atoms with van der Waals surface area (Å²) in [5, 5.41) is 9.76. The van der Waals surface area contributed by atoms with Gasteiger partial charge >= 0.3 is 0 Å². The number of benzene rings is 1. The normalized spacial score (nSPS) is 12.6. The van der Waals surface area contributed by atoms with Crippen LogP contribution in [0, 0.1) is 0 Å². The Labute approximate surface area is 92.7 Å². The first-order valence-corrected chi connectivity index (χ1v) is 5.21. The second kappa shape index (κ2) is 4.77. The SMILES string of the molecule is CN(C)c1cccc(Br)c1C(O)CN. The summed E-state index contributed by atoms with van der Waals surface area (Å²) >= 11 is 3.41. The van der Waals surface area contributed by atoms with E-state index < -0.39 is 6.10 Å². The van der Waals surface area contributed by atoms with Crippen LogP contribution < -0.4 is 10.6 Å². The molecule has 0 aliphatic carbocycles. The van der Waals surface area contributed by atoms with E-state index in [0.29, 0.717) is 0 Å². The van der Waals surface area contributed by atoms with Crippen molar-refractivity contribution in [1.29, 1.82) is 0 Å². The van der Waals surface area contributed by atoms with Crippen molar-refractivity contribution in [2.45, 2.75) is 6.10 Å². The molecule has 0 saturated heterocycles. The summed E-state index contributed by atoms with van der Waals surface area (Å²) in [7, 11) is 3.88. The van der Waals surface area contributed by atoms with Crippen molar-refractivity contribution in [2.24, 2.45) is 5.73 Å². The smallest absolute Gasteiger partial charge is 0.0943 e. The van der Waals surface area contributed by atoms with Gasteiger partial charge in [-0.15, -0.1) is 0 Å². The van der Waals surface area contributed by atoms with Crippen molar-refractivity contribution in [3.05, 3.63) is 28.2 Å². The van der Waals surface area contributed by atoms with Crippen molar-refractivity contribution in [2.75, 3.05) is 25.5 Å². The van der Waals surface area contributed by atoms with Gasteiger partial charge in [-0.1, -0.05) is 22.0 Å². The first-order valence-electron chi connectivity index (χ1n) is 4.41. The molecule has 1 rings (SSSR count). The Kier molecular flexibility index (Phi) is 3.92. The van der Waals surface area contributed by atoms with Gasteiger partial charge in [-0.25, -0.2) is 0 Å². The first-order chi connectivity index (χ1) is 6.57. The van der Waals surface area contributed by atoms with Gasteiger partial charge in [0.1, 0.15) is 0 Å². The van der Waals surface area contributed by atoms with Crippen LogP contribution in [0.3, 0.4) is 0 Å². The molecule has 0 spiro atoms. The van der Waals surface area contributed by atoms with Crippen LogP contribution in [0.2, 0.25) is 0 Å². The molecular weight excluding hydrogens is 244 g/mol. The Hall–Kier alpha value is -0.580. The fourth-order valence-electron chi connectivity index (χ4n) is 1.36.